The first-order valence-electron chi connectivity index (χ1n) is 6.20. The van der Waals surface area contributed by atoms with E-state index < -0.39 is 5.97 Å². The highest BCUT2D eigenvalue weighted by atomic mass is 19.1. The Labute approximate surface area is 116 Å². The Kier molecular flexibility index (Phi) is 4.03. The number of hydrogen-bond acceptors (Lipinski definition) is 2. The van der Waals surface area contributed by atoms with Gasteiger partial charge in [0.05, 0.1) is 5.56 Å². The highest BCUT2D eigenvalue weighted by molar-refractivity contribution is 5.87. The predicted octanol–water partition coefficient (Wildman–Crippen LogP) is 3.72. The third-order valence-corrected chi connectivity index (χ3v) is 3.13. The largest absolute Gasteiger partial charge is 0.486 e. The molecule has 0 aromatic heterocycles. The Morgan fingerprint density at radius 2 is 1.95 bits per heavy atom. The van der Waals surface area contributed by atoms with Crippen LogP contribution in [0.15, 0.2) is 36.4 Å². The van der Waals surface area contributed by atoms with Crippen LogP contribution < -0.4 is 4.74 Å². The van der Waals surface area contributed by atoms with E-state index in [2.05, 4.69) is 0 Å². The van der Waals surface area contributed by atoms with E-state index in [9.17, 15) is 9.18 Å². The van der Waals surface area contributed by atoms with Crippen molar-refractivity contribution in [2.75, 3.05) is 0 Å². The standard InChI is InChI=1S/C16H15FO3/c1-10-4-3-5-14(15(10)17)20-9-13-7-6-12(16(18)19)8-11(13)2/h3-8H,9H2,1-2H3,(H,18,19). The molecule has 0 aliphatic rings. The van der Waals surface area contributed by atoms with Crippen LogP contribution in [0.1, 0.15) is 27.0 Å². The van der Waals surface area contributed by atoms with Crippen molar-refractivity contribution >= 4 is 5.97 Å². The average molecular weight is 274 g/mol. The van der Waals surface area contributed by atoms with Gasteiger partial charge >= 0.3 is 5.97 Å². The summed E-state index contributed by atoms with van der Waals surface area (Å²) < 4.78 is 19.2. The molecule has 0 radical (unpaired) electrons. The van der Waals surface area contributed by atoms with Gasteiger partial charge in [-0.15, -0.1) is 0 Å². The van der Waals surface area contributed by atoms with Gasteiger partial charge in [0.25, 0.3) is 0 Å². The number of benzene rings is 2. The molecule has 0 aliphatic carbocycles. The van der Waals surface area contributed by atoms with E-state index >= 15 is 0 Å². The summed E-state index contributed by atoms with van der Waals surface area (Å²) in [6, 6.07) is 9.76. The normalized spacial score (nSPS) is 10.3. The molecule has 0 heterocycles. The number of hydrogen-bond donors (Lipinski definition) is 1. The Bertz CT molecular complexity index is 650. The molecule has 0 spiro atoms. The molecule has 0 unspecified atom stereocenters. The van der Waals surface area contributed by atoms with Crippen LogP contribution in [0, 0.1) is 19.7 Å². The van der Waals surface area contributed by atoms with Crippen molar-refractivity contribution < 1.29 is 19.0 Å². The molecule has 0 aliphatic heterocycles. The smallest absolute Gasteiger partial charge is 0.335 e. The lowest BCUT2D eigenvalue weighted by Gasteiger charge is -2.11. The zero-order chi connectivity index (χ0) is 14.7. The van der Waals surface area contributed by atoms with Crippen LogP contribution in [0.4, 0.5) is 4.39 Å². The maximum absolute atomic E-state index is 13.8. The van der Waals surface area contributed by atoms with Crippen molar-refractivity contribution in [2.45, 2.75) is 20.5 Å². The average Bonchev–Trinajstić information content (AvgIpc) is 2.41. The highest BCUT2D eigenvalue weighted by Gasteiger charge is 2.09. The number of aryl methyl sites for hydroxylation is 2. The van der Waals surface area contributed by atoms with E-state index in [4.69, 9.17) is 9.84 Å². The quantitative estimate of drug-likeness (QED) is 0.924. The third-order valence-electron chi connectivity index (χ3n) is 3.13. The number of rotatable bonds is 4. The maximum Gasteiger partial charge on any atom is 0.335 e. The van der Waals surface area contributed by atoms with Gasteiger partial charge in [0.1, 0.15) is 6.61 Å². The maximum atomic E-state index is 13.8. The second-order valence-electron chi connectivity index (χ2n) is 4.62. The van der Waals surface area contributed by atoms with E-state index in [1.807, 2.05) is 0 Å². The Morgan fingerprint density at radius 1 is 1.20 bits per heavy atom. The molecule has 2 aromatic carbocycles. The van der Waals surface area contributed by atoms with Gasteiger partial charge in [-0.25, -0.2) is 9.18 Å². The van der Waals surface area contributed by atoms with Crippen molar-refractivity contribution in [3.8, 4) is 5.75 Å². The first-order valence-corrected chi connectivity index (χ1v) is 6.20. The number of carboxylic acid groups (broad SMARTS) is 1. The second kappa shape index (κ2) is 5.74. The van der Waals surface area contributed by atoms with E-state index in [1.54, 1.807) is 44.2 Å². The number of halogens is 1. The van der Waals surface area contributed by atoms with Crippen molar-refractivity contribution in [3.63, 3.8) is 0 Å². The number of ether oxygens (including phenoxy) is 1. The van der Waals surface area contributed by atoms with Gasteiger partial charge in [-0.2, -0.15) is 0 Å². The van der Waals surface area contributed by atoms with Crippen molar-refractivity contribution in [2.24, 2.45) is 0 Å². The fourth-order valence-electron chi connectivity index (χ4n) is 1.88. The van der Waals surface area contributed by atoms with Gasteiger partial charge in [-0.3, -0.25) is 0 Å². The van der Waals surface area contributed by atoms with Crippen LogP contribution in [0.25, 0.3) is 0 Å². The van der Waals surface area contributed by atoms with E-state index in [-0.39, 0.29) is 23.7 Å². The molecule has 3 nitrogen and oxygen atoms in total. The van der Waals surface area contributed by atoms with Crippen molar-refractivity contribution in [1.29, 1.82) is 0 Å². The van der Waals surface area contributed by atoms with Crippen molar-refractivity contribution in [3.05, 3.63) is 64.5 Å². The van der Waals surface area contributed by atoms with Gasteiger partial charge in [0.15, 0.2) is 11.6 Å². The Balaban J connectivity index is 2.15. The summed E-state index contributed by atoms with van der Waals surface area (Å²) in [4.78, 5) is 10.8. The number of aromatic carboxylic acids is 1. The summed E-state index contributed by atoms with van der Waals surface area (Å²) in [6.45, 7) is 3.68. The Morgan fingerprint density at radius 3 is 2.60 bits per heavy atom. The van der Waals surface area contributed by atoms with E-state index in [0.29, 0.717) is 5.56 Å². The minimum atomic E-state index is -0.967. The molecule has 0 amide bonds. The molecule has 0 saturated carbocycles. The molecule has 0 saturated heterocycles. The van der Waals surface area contributed by atoms with Gasteiger partial charge in [-0.05, 0) is 48.7 Å². The first-order chi connectivity index (χ1) is 9.49. The summed E-state index contributed by atoms with van der Waals surface area (Å²) in [5, 5.41) is 8.89. The molecular weight excluding hydrogens is 259 g/mol. The van der Waals surface area contributed by atoms with Crippen LogP contribution in [-0.4, -0.2) is 11.1 Å². The molecule has 104 valence electrons. The molecule has 2 rings (SSSR count). The zero-order valence-corrected chi connectivity index (χ0v) is 11.3. The van der Waals surface area contributed by atoms with Crippen LogP contribution in [0.5, 0.6) is 5.75 Å². The monoisotopic (exact) mass is 274 g/mol. The van der Waals surface area contributed by atoms with Crippen LogP contribution in [0.2, 0.25) is 0 Å². The van der Waals surface area contributed by atoms with Gasteiger partial charge in [0.2, 0.25) is 0 Å². The first kappa shape index (κ1) is 14.1. The molecule has 2 aromatic rings. The predicted molar refractivity (Wildman–Crippen MR) is 73.6 cm³/mol. The van der Waals surface area contributed by atoms with E-state index in [0.717, 1.165) is 11.1 Å². The molecular formula is C16H15FO3. The SMILES string of the molecule is Cc1cc(C(=O)O)ccc1COc1cccc(C)c1F. The molecule has 0 fully saturated rings. The lowest BCUT2D eigenvalue weighted by molar-refractivity contribution is 0.0696. The van der Waals surface area contributed by atoms with Crippen molar-refractivity contribution in [1.82, 2.24) is 0 Å². The molecule has 20 heavy (non-hydrogen) atoms. The van der Waals surface area contributed by atoms with Gasteiger partial charge in [0, 0.05) is 0 Å². The van der Waals surface area contributed by atoms with E-state index in [1.165, 1.54) is 6.07 Å². The number of carbonyl (C=O) groups is 1. The summed E-state index contributed by atoms with van der Waals surface area (Å²) in [5.41, 5.74) is 2.39. The van der Waals surface area contributed by atoms with Crippen LogP contribution >= 0.6 is 0 Å². The minimum Gasteiger partial charge on any atom is -0.486 e. The number of carboxylic acids is 1. The topological polar surface area (TPSA) is 46.5 Å². The molecule has 0 atom stereocenters. The second-order valence-corrected chi connectivity index (χ2v) is 4.62. The summed E-state index contributed by atoms with van der Waals surface area (Å²) in [7, 11) is 0. The fourth-order valence-corrected chi connectivity index (χ4v) is 1.88. The third kappa shape index (κ3) is 2.96. The summed E-state index contributed by atoms with van der Waals surface area (Å²) >= 11 is 0. The molecule has 1 N–H and O–H groups in total. The minimum absolute atomic E-state index is 0.201. The molecule has 4 heteroatoms. The van der Waals surface area contributed by atoms with Crippen LogP contribution in [-0.2, 0) is 6.61 Å². The molecule has 0 bridgehead atoms. The summed E-state index contributed by atoms with van der Waals surface area (Å²) in [5.74, 6) is -1.13. The van der Waals surface area contributed by atoms with Gasteiger partial charge in [-0.1, -0.05) is 18.2 Å². The lowest BCUT2D eigenvalue weighted by atomic mass is 10.1. The van der Waals surface area contributed by atoms with Gasteiger partial charge < -0.3 is 9.84 Å². The fraction of sp³-hybridized carbons (Fsp3) is 0.188. The lowest BCUT2D eigenvalue weighted by Crippen LogP contribution is -2.03. The highest BCUT2D eigenvalue weighted by Crippen LogP contribution is 2.21. The summed E-state index contributed by atoms with van der Waals surface area (Å²) in [6.07, 6.45) is 0. The Hall–Kier alpha value is -2.36. The van der Waals surface area contributed by atoms with Crippen LogP contribution in [0.3, 0.4) is 0 Å². The zero-order valence-electron chi connectivity index (χ0n) is 11.3.